The van der Waals surface area contributed by atoms with Crippen molar-refractivity contribution in [3.05, 3.63) is 71.3 Å². The number of nitrogens with one attached hydrogen (secondary N) is 1. The highest BCUT2D eigenvalue weighted by atomic mass is 16.2. The van der Waals surface area contributed by atoms with Crippen molar-refractivity contribution in [2.75, 3.05) is 44.6 Å². The maximum absolute atomic E-state index is 12.3. The number of carbonyl (C=O) groups excluding carboxylic acids is 1. The molecule has 4 heteroatoms. The number of anilines is 1. The topological polar surface area (TPSA) is 35.6 Å². The molecule has 1 aliphatic rings. The van der Waals surface area contributed by atoms with Gasteiger partial charge in [0.05, 0.1) is 6.54 Å². The summed E-state index contributed by atoms with van der Waals surface area (Å²) in [6.45, 7) is 9.41. The first kappa shape index (κ1) is 19.3. The van der Waals surface area contributed by atoms with Crippen LogP contribution in [-0.4, -0.2) is 55.0 Å². The molecule has 0 radical (unpaired) electrons. The van der Waals surface area contributed by atoms with Crippen molar-refractivity contribution in [3.63, 3.8) is 0 Å². The Kier molecular flexibility index (Phi) is 6.80. The summed E-state index contributed by atoms with van der Waals surface area (Å²) in [6, 6.07) is 16.4. The number of piperazine rings is 1. The lowest BCUT2D eigenvalue weighted by Crippen LogP contribution is -2.48. The summed E-state index contributed by atoms with van der Waals surface area (Å²) < 4.78 is 0. The van der Waals surface area contributed by atoms with Crippen LogP contribution in [0, 0.1) is 13.8 Å². The van der Waals surface area contributed by atoms with E-state index in [1.807, 2.05) is 24.3 Å². The van der Waals surface area contributed by atoms with E-state index in [1.54, 1.807) is 0 Å². The molecule has 1 fully saturated rings. The van der Waals surface area contributed by atoms with Gasteiger partial charge in [0.1, 0.15) is 0 Å². The van der Waals surface area contributed by atoms with E-state index in [1.165, 1.54) is 16.7 Å². The molecule has 2 aromatic carbocycles. The fourth-order valence-corrected chi connectivity index (χ4v) is 3.25. The standard InChI is InChI=1S/C23H29N3O/c1-19-10-11-22(17-20(19)2)24-23(27)18-26-15-13-25(14-16-26)12-6-9-21-7-4-3-5-8-21/h3-11,17H,12-16,18H2,1-2H3,(H,24,27)/b9-6+. The number of benzene rings is 2. The molecule has 4 nitrogen and oxygen atoms in total. The maximum Gasteiger partial charge on any atom is 0.238 e. The van der Waals surface area contributed by atoms with Crippen LogP contribution in [-0.2, 0) is 4.79 Å². The Hall–Kier alpha value is -2.43. The van der Waals surface area contributed by atoms with Gasteiger partial charge in [-0.2, -0.15) is 0 Å². The minimum atomic E-state index is 0.0654. The van der Waals surface area contributed by atoms with Gasteiger partial charge in [-0.15, -0.1) is 0 Å². The molecule has 2 aromatic rings. The largest absolute Gasteiger partial charge is 0.325 e. The lowest BCUT2D eigenvalue weighted by Gasteiger charge is -2.33. The van der Waals surface area contributed by atoms with Gasteiger partial charge in [0.15, 0.2) is 0 Å². The molecule has 142 valence electrons. The molecule has 1 N–H and O–H groups in total. The fraction of sp³-hybridized carbons (Fsp3) is 0.348. The predicted octanol–water partition coefficient (Wildman–Crippen LogP) is 3.57. The van der Waals surface area contributed by atoms with E-state index < -0.39 is 0 Å². The second-order valence-corrected chi connectivity index (χ2v) is 7.24. The third-order valence-corrected chi connectivity index (χ3v) is 5.10. The summed E-state index contributed by atoms with van der Waals surface area (Å²) in [6.07, 6.45) is 4.39. The van der Waals surface area contributed by atoms with E-state index in [9.17, 15) is 4.79 Å². The molecule has 0 bridgehead atoms. The van der Waals surface area contributed by atoms with E-state index in [0.717, 1.165) is 38.4 Å². The Labute approximate surface area is 162 Å². The maximum atomic E-state index is 12.3. The number of carbonyl (C=O) groups is 1. The molecule has 0 unspecified atom stereocenters. The summed E-state index contributed by atoms with van der Waals surface area (Å²) in [5, 5.41) is 3.02. The highest BCUT2D eigenvalue weighted by Gasteiger charge is 2.18. The zero-order valence-electron chi connectivity index (χ0n) is 16.3. The van der Waals surface area contributed by atoms with Gasteiger partial charge in [-0.25, -0.2) is 0 Å². The average molecular weight is 364 g/mol. The second-order valence-electron chi connectivity index (χ2n) is 7.24. The monoisotopic (exact) mass is 363 g/mol. The van der Waals surface area contributed by atoms with Gasteiger partial charge in [0.2, 0.25) is 5.91 Å². The predicted molar refractivity (Wildman–Crippen MR) is 113 cm³/mol. The zero-order chi connectivity index (χ0) is 19.1. The first-order valence-corrected chi connectivity index (χ1v) is 9.63. The molecule has 0 atom stereocenters. The SMILES string of the molecule is Cc1ccc(NC(=O)CN2CCN(C/C=C/c3ccccc3)CC2)cc1C. The summed E-state index contributed by atoms with van der Waals surface area (Å²) in [5.74, 6) is 0.0654. The summed E-state index contributed by atoms with van der Waals surface area (Å²) in [7, 11) is 0. The molecule has 0 spiro atoms. The Morgan fingerprint density at radius 2 is 1.67 bits per heavy atom. The second kappa shape index (κ2) is 9.49. The average Bonchev–Trinajstić information content (AvgIpc) is 2.67. The summed E-state index contributed by atoms with van der Waals surface area (Å²) in [5.41, 5.74) is 4.56. The number of amides is 1. The van der Waals surface area contributed by atoms with Crippen molar-refractivity contribution in [3.8, 4) is 0 Å². The van der Waals surface area contributed by atoms with E-state index in [0.29, 0.717) is 6.54 Å². The fourth-order valence-electron chi connectivity index (χ4n) is 3.25. The third kappa shape index (κ3) is 6.05. The molecule has 27 heavy (non-hydrogen) atoms. The van der Waals surface area contributed by atoms with Crippen LogP contribution in [0.2, 0.25) is 0 Å². The van der Waals surface area contributed by atoms with Crippen LogP contribution >= 0.6 is 0 Å². The Balaban J connectivity index is 1.39. The van der Waals surface area contributed by atoms with Crippen molar-refractivity contribution >= 4 is 17.7 Å². The van der Waals surface area contributed by atoms with Crippen LogP contribution in [0.15, 0.2) is 54.6 Å². The van der Waals surface area contributed by atoms with Crippen LogP contribution in [0.25, 0.3) is 6.08 Å². The molecular formula is C23H29N3O. The molecule has 0 saturated carbocycles. The zero-order valence-corrected chi connectivity index (χ0v) is 16.3. The first-order chi connectivity index (χ1) is 13.1. The Morgan fingerprint density at radius 3 is 2.37 bits per heavy atom. The normalized spacial score (nSPS) is 15.9. The van der Waals surface area contributed by atoms with Gasteiger partial charge >= 0.3 is 0 Å². The van der Waals surface area contributed by atoms with Gasteiger partial charge in [0, 0.05) is 38.4 Å². The third-order valence-electron chi connectivity index (χ3n) is 5.10. The quantitative estimate of drug-likeness (QED) is 0.852. The van der Waals surface area contributed by atoms with Gasteiger partial charge < -0.3 is 5.32 Å². The number of aryl methyl sites for hydroxylation is 2. The van der Waals surface area contributed by atoms with Gasteiger partial charge in [-0.1, -0.05) is 48.6 Å². The van der Waals surface area contributed by atoms with Crippen LogP contribution in [0.4, 0.5) is 5.69 Å². The van der Waals surface area contributed by atoms with Crippen LogP contribution in [0.3, 0.4) is 0 Å². The van der Waals surface area contributed by atoms with Crippen molar-refractivity contribution in [1.29, 1.82) is 0 Å². The van der Waals surface area contributed by atoms with Gasteiger partial charge in [-0.3, -0.25) is 14.6 Å². The van der Waals surface area contributed by atoms with Crippen molar-refractivity contribution in [1.82, 2.24) is 9.80 Å². The Bertz CT molecular complexity index is 777. The molecule has 1 heterocycles. The van der Waals surface area contributed by atoms with Crippen molar-refractivity contribution in [2.24, 2.45) is 0 Å². The van der Waals surface area contributed by atoms with Crippen LogP contribution in [0.5, 0.6) is 0 Å². The molecule has 3 rings (SSSR count). The molecule has 1 saturated heterocycles. The number of hydrogen-bond acceptors (Lipinski definition) is 3. The number of hydrogen-bond donors (Lipinski definition) is 1. The Morgan fingerprint density at radius 1 is 0.963 bits per heavy atom. The van der Waals surface area contributed by atoms with Crippen molar-refractivity contribution in [2.45, 2.75) is 13.8 Å². The van der Waals surface area contributed by atoms with E-state index in [4.69, 9.17) is 0 Å². The molecule has 1 amide bonds. The van der Waals surface area contributed by atoms with Gasteiger partial charge in [0.25, 0.3) is 0 Å². The highest BCUT2D eigenvalue weighted by Crippen LogP contribution is 2.14. The first-order valence-electron chi connectivity index (χ1n) is 9.63. The van der Waals surface area contributed by atoms with Crippen LogP contribution in [0.1, 0.15) is 16.7 Å². The molecule has 0 aromatic heterocycles. The van der Waals surface area contributed by atoms with Crippen LogP contribution < -0.4 is 5.32 Å². The minimum absolute atomic E-state index is 0.0654. The molecular weight excluding hydrogens is 334 g/mol. The summed E-state index contributed by atoms with van der Waals surface area (Å²) in [4.78, 5) is 17.0. The number of nitrogens with zero attached hydrogens (tertiary/aromatic N) is 2. The highest BCUT2D eigenvalue weighted by molar-refractivity contribution is 5.92. The van der Waals surface area contributed by atoms with E-state index in [2.05, 4.69) is 65.4 Å². The van der Waals surface area contributed by atoms with Crippen molar-refractivity contribution < 1.29 is 4.79 Å². The smallest absolute Gasteiger partial charge is 0.238 e. The molecule has 1 aliphatic heterocycles. The lowest BCUT2D eigenvalue weighted by molar-refractivity contribution is -0.117. The van der Waals surface area contributed by atoms with Gasteiger partial charge in [-0.05, 0) is 42.7 Å². The lowest BCUT2D eigenvalue weighted by atomic mass is 10.1. The van der Waals surface area contributed by atoms with E-state index in [-0.39, 0.29) is 5.91 Å². The van der Waals surface area contributed by atoms with E-state index >= 15 is 0 Å². The summed E-state index contributed by atoms with van der Waals surface area (Å²) >= 11 is 0. The minimum Gasteiger partial charge on any atom is -0.325 e. The number of rotatable bonds is 6. The molecule has 0 aliphatic carbocycles.